The van der Waals surface area contributed by atoms with Crippen LogP contribution in [0.15, 0.2) is 29.0 Å². The van der Waals surface area contributed by atoms with Crippen molar-refractivity contribution in [2.45, 2.75) is 19.3 Å². The van der Waals surface area contributed by atoms with Gasteiger partial charge in [-0.25, -0.2) is 4.98 Å². The first-order valence-corrected chi connectivity index (χ1v) is 6.68. The van der Waals surface area contributed by atoms with Crippen molar-refractivity contribution in [1.29, 1.82) is 0 Å². The van der Waals surface area contributed by atoms with Crippen LogP contribution in [0.25, 0.3) is 11.0 Å². The largest absolute Gasteiger partial charge is 0.464 e. The molecule has 1 fully saturated rings. The molecule has 0 aromatic carbocycles. The van der Waals surface area contributed by atoms with E-state index in [-0.39, 0.29) is 12.5 Å². The van der Waals surface area contributed by atoms with Gasteiger partial charge in [-0.1, -0.05) is 0 Å². The van der Waals surface area contributed by atoms with Gasteiger partial charge in [0.25, 0.3) is 0 Å². The van der Waals surface area contributed by atoms with E-state index in [1.54, 1.807) is 12.5 Å². The van der Waals surface area contributed by atoms with Crippen LogP contribution in [0.1, 0.15) is 19.3 Å². The lowest BCUT2D eigenvalue weighted by Crippen LogP contribution is -2.39. The summed E-state index contributed by atoms with van der Waals surface area (Å²) in [6, 6.07) is 3.67. The first-order valence-electron chi connectivity index (χ1n) is 6.68. The second-order valence-electron chi connectivity index (χ2n) is 4.79. The van der Waals surface area contributed by atoms with Gasteiger partial charge in [-0.2, -0.15) is 0 Å². The zero-order chi connectivity index (χ0) is 13.1. The number of fused-ring (bicyclic) bond motifs is 1. The second-order valence-corrected chi connectivity index (χ2v) is 4.79. The van der Waals surface area contributed by atoms with E-state index >= 15 is 0 Å². The summed E-state index contributed by atoms with van der Waals surface area (Å²) in [6.45, 7) is 2.05. The van der Waals surface area contributed by atoms with Gasteiger partial charge in [-0.3, -0.25) is 4.79 Å². The Morgan fingerprint density at radius 2 is 2.16 bits per heavy atom. The molecule has 0 radical (unpaired) electrons. The van der Waals surface area contributed by atoms with Crippen molar-refractivity contribution >= 4 is 22.7 Å². The van der Waals surface area contributed by atoms with Crippen LogP contribution >= 0.6 is 0 Å². The molecule has 2 aromatic heterocycles. The molecule has 3 rings (SSSR count). The maximum Gasteiger partial charge on any atom is 0.241 e. The molecule has 5 heteroatoms. The maximum atomic E-state index is 12.1. The van der Waals surface area contributed by atoms with Crippen LogP contribution in [0, 0.1) is 0 Å². The van der Waals surface area contributed by atoms with E-state index in [2.05, 4.69) is 10.3 Å². The van der Waals surface area contributed by atoms with E-state index in [4.69, 9.17) is 4.42 Å². The molecule has 2 aromatic rings. The number of nitrogens with zero attached hydrogens (tertiary/aromatic N) is 2. The average molecular weight is 259 g/mol. The summed E-state index contributed by atoms with van der Waals surface area (Å²) < 4.78 is 5.31. The molecule has 0 spiro atoms. The van der Waals surface area contributed by atoms with Gasteiger partial charge in [0, 0.05) is 19.3 Å². The Labute approximate surface area is 111 Å². The number of piperidine rings is 1. The Morgan fingerprint density at radius 3 is 3.00 bits per heavy atom. The fourth-order valence-electron chi connectivity index (χ4n) is 2.45. The van der Waals surface area contributed by atoms with Crippen LogP contribution in [0.4, 0.5) is 5.82 Å². The van der Waals surface area contributed by atoms with Crippen LogP contribution in [0.5, 0.6) is 0 Å². The summed E-state index contributed by atoms with van der Waals surface area (Å²) in [6.07, 6.45) is 6.76. The van der Waals surface area contributed by atoms with Gasteiger partial charge < -0.3 is 14.6 Å². The molecule has 1 saturated heterocycles. The van der Waals surface area contributed by atoms with E-state index in [9.17, 15) is 4.79 Å². The summed E-state index contributed by atoms with van der Waals surface area (Å²) in [5.41, 5.74) is 0.780. The zero-order valence-corrected chi connectivity index (χ0v) is 10.8. The highest BCUT2D eigenvalue weighted by atomic mass is 16.3. The van der Waals surface area contributed by atoms with E-state index in [1.165, 1.54) is 6.42 Å². The monoisotopic (exact) mass is 259 g/mol. The van der Waals surface area contributed by atoms with Gasteiger partial charge in [0.15, 0.2) is 0 Å². The smallest absolute Gasteiger partial charge is 0.241 e. The molecule has 0 saturated carbocycles. The lowest BCUT2D eigenvalue weighted by molar-refractivity contribution is -0.130. The highest BCUT2D eigenvalue weighted by molar-refractivity contribution is 5.90. The average Bonchev–Trinajstić information content (AvgIpc) is 2.94. The Bertz CT molecular complexity index is 573. The number of hydrogen-bond donors (Lipinski definition) is 1. The van der Waals surface area contributed by atoms with Crippen molar-refractivity contribution in [1.82, 2.24) is 9.88 Å². The van der Waals surface area contributed by atoms with Gasteiger partial charge in [-0.15, -0.1) is 0 Å². The van der Waals surface area contributed by atoms with Gasteiger partial charge in [0.05, 0.1) is 18.2 Å². The van der Waals surface area contributed by atoms with Crippen LogP contribution in [-0.4, -0.2) is 35.4 Å². The van der Waals surface area contributed by atoms with E-state index < -0.39 is 0 Å². The number of hydrogen-bond acceptors (Lipinski definition) is 4. The molecule has 5 nitrogen and oxygen atoms in total. The molecule has 19 heavy (non-hydrogen) atoms. The minimum absolute atomic E-state index is 0.141. The number of anilines is 1. The third kappa shape index (κ3) is 2.54. The van der Waals surface area contributed by atoms with E-state index in [1.807, 2.05) is 17.0 Å². The number of pyridine rings is 1. The molecule has 0 unspecified atom stereocenters. The van der Waals surface area contributed by atoms with E-state index in [0.717, 1.165) is 36.9 Å². The number of rotatable bonds is 3. The highest BCUT2D eigenvalue weighted by Crippen LogP contribution is 2.21. The van der Waals surface area contributed by atoms with Crippen molar-refractivity contribution in [3.05, 3.63) is 24.6 Å². The highest BCUT2D eigenvalue weighted by Gasteiger charge is 2.16. The molecular weight excluding hydrogens is 242 g/mol. The maximum absolute atomic E-state index is 12.1. The summed E-state index contributed by atoms with van der Waals surface area (Å²) >= 11 is 0. The molecule has 0 bridgehead atoms. The van der Waals surface area contributed by atoms with Gasteiger partial charge >= 0.3 is 0 Å². The fourth-order valence-corrected chi connectivity index (χ4v) is 2.45. The quantitative estimate of drug-likeness (QED) is 0.918. The third-order valence-electron chi connectivity index (χ3n) is 3.50. The molecule has 3 heterocycles. The zero-order valence-electron chi connectivity index (χ0n) is 10.8. The predicted molar refractivity (Wildman–Crippen MR) is 72.9 cm³/mol. The first-order chi connectivity index (χ1) is 9.34. The minimum Gasteiger partial charge on any atom is -0.464 e. The predicted octanol–water partition coefficient (Wildman–Crippen LogP) is 2.25. The van der Waals surface area contributed by atoms with Crippen LogP contribution in [0.3, 0.4) is 0 Å². The number of likely N-dealkylation sites (tertiary alicyclic amines) is 1. The molecule has 0 atom stereocenters. The molecule has 1 N–H and O–H groups in total. The number of furan rings is 1. The summed E-state index contributed by atoms with van der Waals surface area (Å²) in [5, 5.41) is 4.02. The van der Waals surface area contributed by atoms with Gasteiger partial charge in [0.2, 0.25) is 5.91 Å². The standard InChI is InChI=1S/C14H17N3O2/c18-13(17-7-2-1-3-8-17)10-16-14-11-5-9-19-12(11)4-6-15-14/h4-6,9H,1-3,7-8,10H2,(H,15,16). The van der Waals surface area contributed by atoms with Gasteiger partial charge in [-0.05, 0) is 31.4 Å². The minimum atomic E-state index is 0.141. The molecule has 100 valence electrons. The van der Waals surface area contributed by atoms with Crippen molar-refractivity contribution in [3.63, 3.8) is 0 Å². The number of carbonyl (C=O) groups excluding carboxylic acids is 1. The Balaban J connectivity index is 1.65. The number of aromatic nitrogens is 1. The summed E-state index contributed by atoms with van der Waals surface area (Å²) in [4.78, 5) is 18.2. The third-order valence-corrected chi connectivity index (χ3v) is 3.50. The van der Waals surface area contributed by atoms with Crippen molar-refractivity contribution < 1.29 is 9.21 Å². The normalized spacial score (nSPS) is 15.7. The number of amides is 1. The number of nitrogens with one attached hydrogen (secondary N) is 1. The van der Waals surface area contributed by atoms with Gasteiger partial charge in [0.1, 0.15) is 11.4 Å². The molecule has 1 amide bonds. The van der Waals surface area contributed by atoms with E-state index in [0.29, 0.717) is 5.82 Å². The number of carbonyl (C=O) groups is 1. The molecule has 1 aliphatic rings. The SMILES string of the molecule is O=C(CNc1nccc2occc12)N1CCCCC1. The Hall–Kier alpha value is -2.04. The fraction of sp³-hybridized carbons (Fsp3) is 0.429. The lowest BCUT2D eigenvalue weighted by atomic mass is 10.1. The topological polar surface area (TPSA) is 58.4 Å². The van der Waals surface area contributed by atoms with Crippen molar-refractivity contribution in [2.24, 2.45) is 0 Å². The van der Waals surface area contributed by atoms with Crippen molar-refractivity contribution in [2.75, 3.05) is 25.0 Å². The molecular formula is C14H17N3O2. The van der Waals surface area contributed by atoms with Crippen LogP contribution < -0.4 is 5.32 Å². The lowest BCUT2D eigenvalue weighted by Gasteiger charge is -2.26. The summed E-state index contributed by atoms with van der Waals surface area (Å²) in [7, 11) is 0. The molecule has 1 aliphatic heterocycles. The summed E-state index contributed by atoms with van der Waals surface area (Å²) in [5.74, 6) is 0.846. The second kappa shape index (κ2) is 5.30. The Kier molecular flexibility index (Phi) is 3.35. The van der Waals surface area contributed by atoms with Crippen molar-refractivity contribution in [3.8, 4) is 0 Å². The Morgan fingerprint density at radius 1 is 1.32 bits per heavy atom. The first kappa shape index (κ1) is 12.0. The van der Waals surface area contributed by atoms with Crippen LogP contribution in [0.2, 0.25) is 0 Å². The molecule has 0 aliphatic carbocycles. The van der Waals surface area contributed by atoms with Crippen LogP contribution in [-0.2, 0) is 4.79 Å².